The van der Waals surface area contributed by atoms with Crippen LogP contribution in [-0.4, -0.2) is 18.3 Å². The molecule has 0 amide bonds. The van der Waals surface area contributed by atoms with Crippen molar-refractivity contribution in [1.29, 1.82) is 0 Å². The van der Waals surface area contributed by atoms with E-state index in [9.17, 15) is 0 Å². The second-order valence-corrected chi connectivity index (χ2v) is 13.8. The van der Waals surface area contributed by atoms with E-state index in [-0.39, 0.29) is 18.3 Å². The Morgan fingerprint density at radius 1 is 0.457 bits per heavy atom. The van der Waals surface area contributed by atoms with Crippen molar-refractivity contribution in [3.63, 3.8) is 0 Å². The van der Waals surface area contributed by atoms with Crippen LogP contribution in [0.4, 0.5) is 0 Å². The lowest BCUT2D eigenvalue weighted by molar-refractivity contribution is 0.00578. The van der Waals surface area contributed by atoms with Crippen LogP contribution in [0.15, 0.2) is 121 Å². The average molecular weight is 601 g/mol. The first-order valence-corrected chi connectivity index (χ1v) is 16.3. The quantitative estimate of drug-likeness (QED) is 0.145. The summed E-state index contributed by atoms with van der Waals surface area (Å²) in [4.78, 5) is 0. The lowest BCUT2D eigenvalue weighted by atomic mass is 9.77. The summed E-state index contributed by atoms with van der Waals surface area (Å²) >= 11 is 0. The fraction of sp³-hybridized carbons (Fsp3) is 0.209. The molecule has 0 N–H and O–H groups in total. The molecular weight excluding hydrogens is 559 g/mol. The Kier molecular flexibility index (Phi) is 7.51. The van der Waals surface area contributed by atoms with Gasteiger partial charge in [0.1, 0.15) is 0 Å². The second-order valence-electron chi connectivity index (χ2n) is 13.8. The molecule has 1 fully saturated rings. The summed E-state index contributed by atoms with van der Waals surface area (Å²) in [5.74, 6) is 0. The number of aryl methyl sites for hydroxylation is 3. The number of benzene rings is 7. The van der Waals surface area contributed by atoms with Gasteiger partial charge in [-0.2, -0.15) is 0 Å². The van der Waals surface area contributed by atoms with Crippen molar-refractivity contribution in [1.82, 2.24) is 0 Å². The van der Waals surface area contributed by atoms with Gasteiger partial charge in [-0.25, -0.2) is 0 Å². The molecule has 0 aliphatic carbocycles. The van der Waals surface area contributed by atoms with Gasteiger partial charge in [-0.1, -0.05) is 121 Å². The Bertz CT molecular complexity index is 2230. The molecule has 1 aliphatic heterocycles. The SMILES string of the molecule is Cc1cc2c3ccc(B4OC(C)(C)C(C)(C)O4)cc3c3ccccc3c2cc1-c1c(C)ccc2ccccc12.Cc1ccccc1. The molecule has 7 aromatic carbocycles. The van der Waals surface area contributed by atoms with Crippen molar-refractivity contribution < 1.29 is 9.31 Å². The van der Waals surface area contributed by atoms with Gasteiger partial charge in [0.25, 0.3) is 0 Å². The number of hydrogen-bond acceptors (Lipinski definition) is 2. The zero-order chi connectivity index (χ0) is 32.2. The van der Waals surface area contributed by atoms with Crippen molar-refractivity contribution in [2.75, 3.05) is 0 Å². The highest BCUT2D eigenvalue weighted by molar-refractivity contribution is 6.62. The predicted molar refractivity (Wildman–Crippen MR) is 198 cm³/mol. The van der Waals surface area contributed by atoms with Gasteiger partial charge < -0.3 is 9.31 Å². The van der Waals surface area contributed by atoms with Crippen LogP contribution in [0.1, 0.15) is 44.4 Å². The molecule has 7 aromatic rings. The Morgan fingerprint density at radius 3 is 1.63 bits per heavy atom. The molecule has 1 saturated heterocycles. The third-order valence-electron chi connectivity index (χ3n) is 10.1. The topological polar surface area (TPSA) is 18.5 Å². The van der Waals surface area contributed by atoms with Crippen LogP contribution >= 0.6 is 0 Å². The van der Waals surface area contributed by atoms with Crippen molar-refractivity contribution in [3.05, 3.63) is 138 Å². The average Bonchev–Trinajstić information content (AvgIpc) is 3.27. The fourth-order valence-corrected chi connectivity index (χ4v) is 6.79. The van der Waals surface area contributed by atoms with Gasteiger partial charge in [0, 0.05) is 0 Å². The highest BCUT2D eigenvalue weighted by Gasteiger charge is 2.51. The maximum atomic E-state index is 6.41. The first kappa shape index (κ1) is 30.2. The molecule has 228 valence electrons. The molecule has 1 aliphatic rings. The van der Waals surface area contributed by atoms with Gasteiger partial charge in [-0.05, 0) is 125 Å². The summed E-state index contributed by atoms with van der Waals surface area (Å²) in [7, 11) is -0.382. The van der Waals surface area contributed by atoms with E-state index in [0.717, 1.165) is 5.46 Å². The van der Waals surface area contributed by atoms with Crippen molar-refractivity contribution >= 4 is 55.7 Å². The molecule has 0 bridgehead atoms. The van der Waals surface area contributed by atoms with Gasteiger partial charge >= 0.3 is 7.12 Å². The summed E-state index contributed by atoms with van der Waals surface area (Å²) < 4.78 is 12.8. The van der Waals surface area contributed by atoms with Gasteiger partial charge in [0.05, 0.1) is 11.2 Å². The summed E-state index contributed by atoms with van der Waals surface area (Å²) in [6, 6.07) is 43.7. The van der Waals surface area contributed by atoms with Crippen LogP contribution in [-0.2, 0) is 9.31 Å². The van der Waals surface area contributed by atoms with E-state index < -0.39 is 0 Å². The minimum absolute atomic E-state index is 0.370. The Balaban J connectivity index is 0.000000430. The summed E-state index contributed by atoms with van der Waals surface area (Å²) in [5.41, 5.74) is 6.86. The van der Waals surface area contributed by atoms with Gasteiger partial charge in [-0.3, -0.25) is 0 Å². The molecule has 2 nitrogen and oxygen atoms in total. The molecule has 0 radical (unpaired) electrons. The standard InChI is InChI=1S/C36H33BO2.C7H8/c1-22-15-16-24-11-7-8-12-26(24)34(22)30-21-33-28-14-10-9-13-27(28)32-20-25(17-18-29(32)31(33)19-23(30)2)37-38-35(3,4)36(5,6)39-37;1-7-5-3-2-4-6-7/h7-21H,1-6H3;2-6H,1H3. The van der Waals surface area contributed by atoms with Crippen LogP contribution in [0.25, 0.3) is 54.2 Å². The number of fused-ring (bicyclic) bond motifs is 7. The summed E-state index contributed by atoms with van der Waals surface area (Å²) in [6.45, 7) is 15.0. The molecule has 0 saturated carbocycles. The van der Waals surface area contributed by atoms with E-state index >= 15 is 0 Å². The number of hydrogen-bond donors (Lipinski definition) is 0. The van der Waals surface area contributed by atoms with Gasteiger partial charge in [0.2, 0.25) is 0 Å². The lowest BCUT2D eigenvalue weighted by Gasteiger charge is -2.32. The minimum atomic E-state index is -0.382. The first-order valence-electron chi connectivity index (χ1n) is 16.3. The predicted octanol–water partition coefficient (Wildman–Crippen LogP) is 10.9. The van der Waals surface area contributed by atoms with E-state index in [1.54, 1.807) is 0 Å². The van der Waals surface area contributed by atoms with Gasteiger partial charge in [-0.15, -0.1) is 0 Å². The Hall–Kier alpha value is -4.44. The van der Waals surface area contributed by atoms with E-state index in [0.29, 0.717) is 0 Å². The molecule has 0 spiro atoms. The first-order chi connectivity index (χ1) is 22.0. The molecule has 8 rings (SSSR count). The zero-order valence-corrected chi connectivity index (χ0v) is 27.9. The van der Waals surface area contributed by atoms with E-state index in [1.807, 2.05) is 18.2 Å². The Labute approximate surface area is 273 Å². The van der Waals surface area contributed by atoms with Crippen LogP contribution in [0.5, 0.6) is 0 Å². The molecule has 0 unspecified atom stereocenters. The Morgan fingerprint density at radius 2 is 1.00 bits per heavy atom. The fourth-order valence-electron chi connectivity index (χ4n) is 6.79. The molecule has 0 atom stereocenters. The highest BCUT2D eigenvalue weighted by atomic mass is 16.7. The normalized spacial score (nSPS) is 15.4. The van der Waals surface area contributed by atoms with Crippen molar-refractivity contribution in [3.8, 4) is 11.1 Å². The molecule has 46 heavy (non-hydrogen) atoms. The van der Waals surface area contributed by atoms with Crippen molar-refractivity contribution in [2.45, 2.75) is 59.7 Å². The molecule has 0 aromatic heterocycles. The maximum Gasteiger partial charge on any atom is 0.494 e. The maximum absolute atomic E-state index is 6.41. The van der Waals surface area contributed by atoms with Gasteiger partial charge in [0.15, 0.2) is 0 Å². The van der Waals surface area contributed by atoms with Crippen LogP contribution in [0.3, 0.4) is 0 Å². The van der Waals surface area contributed by atoms with E-state index in [2.05, 4.69) is 152 Å². The summed E-state index contributed by atoms with van der Waals surface area (Å²) in [6.07, 6.45) is 0. The molecule has 3 heteroatoms. The third-order valence-corrected chi connectivity index (χ3v) is 10.1. The van der Waals surface area contributed by atoms with E-state index in [4.69, 9.17) is 9.31 Å². The third kappa shape index (κ3) is 5.18. The minimum Gasteiger partial charge on any atom is -0.399 e. The van der Waals surface area contributed by atoms with Crippen LogP contribution < -0.4 is 5.46 Å². The molecule has 1 heterocycles. The number of rotatable bonds is 2. The van der Waals surface area contributed by atoms with Crippen LogP contribution in [0.2, 0.25) is 0 Å². The van der Waals surface area contributed by atoms with E-state index in [1.165, 1.54) is 70.9 Å². The monoisotopic (exact) mass is 600 g/mol. The van der Waals surface area contributed by atoms with Crippen LogP contribution in [0, 0.1) is 20.8 Å². The second kappa shape index (κ2) is 11.4. The summed E-state index contributed by atoms with van der Waals surface area (Å²) in [5, 5.41) is 10.2. The molecular formula is C43H41BO2. The largest absolute Gasteiger partial charge is 0.494 e. The lowest BCUT2D eigenvalue weighted by Crippen LogP contribution is -2.41. The highest BCUT2D eigenvalue weighted by Crippen LogP contribution is 2.42. The smallest absolute Gasteiger partial charge is 0.399 e. The zero-order valence-electron chi connectivity index (χ0n) is 27.9. The van der Waals surface area contributed by atoms with Crippen molar-refractivity contribution in [2.24, 2.45) is 0 Å².